The standard InChI is InChI=1S/C5H10O2.H2I/c1-5(2,3)4(6)7;/h1-3H3,(H,6,7);1H2/q;+1/p-1. The van der Waals surface area contributed by atoms with E-state index < -0.39 is 11.4 Å². The van der Waals surface area contributed by atoms with Crippen molar-refractivity contribution < 1.29 is 33.9 Å². The van der Waals surface area contributed by atoms with Gasteiger partial charge >= 0.3 is 0 Å². The van der Waals surface area contributed by atoms with E-state index in [9.17, 15) is 9.90 Å². The number of carboxylic acids is 1. The Hall–Kier alpha value is 0.200. The molecule has 0 fully saturated rings. The predicted octanol–water partition coefficient (Wildman–Crippen LogP) is -3.75. The fourth-order valence-electron chi connectivity index (χ4n) is 0. The van der Waals surface area contributed by atoms with Gasteiger partial charge in [-0.1, -0.05) is 20.8 Å². The lowest BCUT2D eigenvalue weighted by Gasteiger charge is -2.18. The molecule has 0 atom stereocenters. The Labute approximate surface area is 66.3 Å². The molecule has 0 aromatic carbocycles. The first-order valence-electron chi connectivity index (χ1n) is 2.16. The number of rotatable bonds is 0. The smallest absolute Gasteiger partial charge is 0.235 e. The third-order valence-corrected chi connectivity index (χ3v) is 0.612. The lowest BCUT2D eigenvalue weighted by Crippen LogP contribution is -3.00. The summed E-state index contributed by atoms with van der Waals surface area (Å²) in [6.45, 7) is 4.80. The second-order valence-corrected chi connectivity index (χ2v) is 2.54. The Morgan fingerprint density at radius 2 is 1.50 bits per heavy atom. The summed E-state index contributed by atoms with van der Waals surface area (Å²) in [5.74, 6) is -1.01. The van der Waals surface area contributed by atoms with Crippen LogP contribution in [0.25, 0.3) is 0 Å². The fraction of sp³-hybridized carbons (Fsp3) is 0.800. The van der Waals surface area contributed by atoms with Crippen LogP contribution in [0.5, 0.6) is 0 Å². The quantitative estimate of drug-likeness (QED) is 0.401. The number of carbonyl (C=O) groups is 1. The largest absolute Gasteiger partial charge is 0.550 e. The van der Waals surface area contributed by atoms with Crippen molar-refractivity contribution in [2.24, 2.45) is 5.41 Å². The number of halogens is 1. The van der Waals surface area contributed by atoms with Crippen molar-refractivity contribution >= 4 is 5.97 Å². The molecule has 0 bridgehead atoms. The van der Waals surface area contributed by atoms with E-state index in [1.807, 2.05) is 0 Å². The minimum atomic E-state index is -1.01. The third kappa shape index (κ3) is 4.36. The number of hydrogen-bond acceptors (Lipinski definition) is 2. The lowest BCUT2D eigenvalue weighted by atomic mass is 9.98. The van der Waals surface area contributed by atoms with E-state index in [2.05, 4.69) is 0 Å². The first-order valence-corrected chi connectivity index (χ1v) is 2.16. The van der Waals surface area contributed by atoms with Gasteiger partial charge in [-0.2, -0.15) is 0 Å². The van der Waals surface area contributed by atoms with Gasteiger partial charge in [-0.3, -0.25) is 0 Å². The Bertz CT molecular complexity index is 82.9. The zero-order valence-corrected chi connectivity index (χ0v) is 7.82. The first-order chi connectivity index (χ1) is 2.94. The van der Waals surface area contributed by atoms with Gasteiger partial charge in [0.25, 0.3) is 0 Å². The van der Waals surface area contributed by atoms with Gasteiger partial charge in [0.2, 0.25) is 24.0 Å². The van der Waals surface area contributed by atoms with Crippen molar-refractivity contribution in [3.8, 4) is 0 Å². The summed E-state index contributed by atoms with van der Waals surface area (Å²) in [5, 5.41) is 9.91. The number of carboxylic acid groups (broad SMARTS) is 1. The molecule has 2 nitrogen and oxygen atoms in total. The minimum absolute atomic E-state index is 0. The molecule has 0 unspecified atom stereocenters. The number of carbonyl (C=O) groups excluding carboxylic acids is 1. The summed E-state index contributed by atoms with van der Waals surface area (Å²) in [6.07, 6.45) is 0. The van der Waals surface area contributed by atoms with E-state index in [1.165, 1.54) is 0 Å². The molecule has 0 N–H and O–H groups in total. The van der Waals surface area contributed by atoms with E-state index in [0.29, 0.717) is 0 Å². The van der Waals surface area contributed by atoms with E-state index >= 15 is 0 Å². The zero-order valence-electron chi connectivity index (χ0n) is 5.26. The van der Waals surface area contributed by atoms with Crippen LogP contribution in [0, 0.1) is 5.41 Å². The van der Waals surface area contributed by atoms with Crippen LogP contribution < -0.4 is 29.1 Å². The topological polar surface area (TPSA) is 40.1 Å². The van der Waals surface area contributed by atoms with E-state index in [0.717, 1.165) is 0 Å². The van der Waals surface area contributed by atoms with Crippen LogP contribution in [0.3, 0.4) is 0 Å². The molecule has 3 heteroatoms. The molecule has 0 aromatic rings. The van der Waals surface area contributed by atoms with Crippen LogP contribution in [-0.4, -0.2) is 5.97 Å². The SMILES string of the molecule is CC(C)(C)C(=O)[O-].[IH2+]. The molecule has 0 aliphatic carbocycles. The van der Waals surface area contributed by atoms with Gasteiger partial charge in [-0.15, -0.1) is 0 Å². The third-order valence-electron chi connectivity index (χ3n) is 0.612. The minimum Gasteiger partial charge on any atom is -0.550 e. The van der Waals surface area contributed by atoms with Crippen molar-refractivity contribution in [2.75, 3.05) is 0 Å². The van der Waals surface area contributed by atoms with Crippen molar-refractivity contribution in [1.82, 2.24) is 0 Å². The predicted molar refractivity (Wildman–Crippen MR) is 27.3 cm³/mol. The van der Waals surface area contributed by atoms with Gasteiger partial charge in [0.05, 0.1) is 0 Å². The average molecular weight is 230 g/mol. The number of hydrogen-bond donors (Lipinski definition) is 0. The second kappa shape index (κ2) is 3.27. The Balaban J connectivity index is 0. The second-order valence-electron chi connectivity index (χ2n) is 2.54. The van der Waals surface area contributed by atoms with E-state index in [1.54, 1.807) is 20.8 Å². The molecule has 0 saturated heterocycles. The maximum atomic E-state index is 9.91. The molecule has 0 heterocycles. The summed E-state index contributed by atoms with van der Waals surface area (Å²) in [5.41, 5.74) is -0.694. The van der Waals surface area contributed by atoms with Crippen LogP contribution in [0.15, 0.2) is 0 Å². The van der Waals surface area contributed by atoms with E-state index in [4.69, 9.17) is 0 Å². The molecular formula is C5H11IO2. The van der Waals surface area contributed by atoms with Crippen LogP contribution in [0.1, 0.15) is 20.8 Å². The average Bonchev–Trinajstić information content (AvgIpc) is 1.31. The first kappa shape index (κ1) is 11.1. The molecule has 8 heavy (non-hydrogen) atoms. The number of aliphatic carboxylic acids is 1. The molecule has 0 aromatic heterocycles. The summed E-state index contributed by atoms with van der Waals surface area (Å²) in [4.78, 5) is 9.91. The monoisotopic (exact) mass is 230 g/mol. The molecule has 50 valence electrons. The Morgan fingerprint density at radius 3 is 1.50 bits per heavy atom. The highest BCUT2D eigenvalue weighted by atomic mass is 127. The van der Waals surface area contributed by atoms with Gasteiger partial charge in [0, 0.05) is 11.4 Å². The molecule has 0 radical (unpaired) electrons. The Kier molecular flexibility index (Phi) is 4.52. The Morgan fingerprint density at radius 1 is 1.38 bits per heavy atom. The molecular weight excluding hydrogens is 219 g/mol. The lowest BCUT2D eigenvalue weighted by molar-refractivity contribution is -0.316. The molecule has 0 aliphatic heterocycles. The van der Waals surface area contributed by atoms with Crippen LogP contribution in [0.2, 0.25) is 0 Å². The molecule has 0 rings (SSSR count). The van der Waals surface area contributed by atoms with Gasteiger partial charge in [0.1, 0.15) is 0 Å². The highest BCUT2D eigenvalue weighted by Gasteiger charge is 2.09. The molecule has 0 saturated carbocycles. The molecule has 0 amide bonds. The maximum Gasteiger partial charge on any atom is 0.235 e. The van der Waals surface area contributed by atoms with Crippen molar-refractivity contribution in [1.29, 1.82) is 0 Å². The molecule has 0 aliphatic rings. The molecule has 0 spiro atoms. The summed E-state index contributed by atoms with van der Waals surface area (Å²) < 4.78 is 0. The van der Waals surface area contributed by atoms with Crippen LogP contribution in [-0.2, 0) is 4.79 Å². The van der Waals surface area contributed by atoms with Crippen molar-refractivity contribution in [3.63, 3.8) is 0 Å². The van der Waals surface area contributed by atoms with Gasteiger partial charge in [-0.25, -0.2) is 0 Å². The van der Waals surface area contributed by atoms with Gasteiger partial charge < -0.3 is 9.90 Å². The summed E-state index contributed by atoms with van der Waals surface area (Å²) in [6, 6.07) is 0. The normalized spacial score (nSPS) is 9.88. The maximum absolute atomic E-state index is 9.91. The highest BCUT2D eigenvalue weighted by Crippen LogP contribution is 2.09. The van der Waals surface area contributed by atoms with Gasteiger partial charge in [-0.05, 0) is 0 Å². The van der Waals surface area contributed by atoms with Gasteiger partial charge in [0.15, 0.2) is 0 Å². The summed E-state index contributed by atoms with van der Waals surface area (Å²) in [7, 11) is 0. The summed E-state index contributed by atoms with van der Waals surface area (Å²) >= 11 is 0. The van der Waals surface area contributed by atoms with Crippen molar-refractivity contribution in [3.05, 3.63) is 0 Å². The van der Waals surface area contributed by atoms with Crippen LogP contribution >= 0.6 is 0 Å². The zero-order chi connectivity index (χ0) is 6.08. The highest BCUT2D eigenvalue weighted by molar-refractivity contribution is 5.70. The van der Waals surface area contributed by atoms with Crippen molar-refractivity contribution in [2.45, 2.75) is 20.8 Å². The van der Waals surface area contributed by atoms with Crippen LogP contribution in [0.4, 0.5) is 0 Å². The fourth-order valence-corrected chi connectivity index (χ4v) is 0. The van der Waals surface area contributed by atoms with E-state index in [-0.39, 0.29) is 24.0 Å².